The lowest BCUT2D eigenvalue weighted by molar-refractivity contribution is -0.146. The highest BCUT2D eigenvalue weighted by Crippen LogP contribution is 2.66. The SMILES string of the molecule is CSCC[C@H](C(=O)Nc1ccc(C)cc1)N1C(=O)[C@@H]2C3c4ccccc4C(Br)(c4ccccc43)[C@H]2C1=O. The molecule has 3 aliphatic carbocycles. The van der Waals surface area contributed by atoms with Gasteiger partial charge in [-0.25, -0.2) is 0 Å². The number of nitrogens with zero attached hydrogens (tertiary/aromatic N) is 1. The average molecular weight is 576 g/mol. The maximum atomic E-state index is 14.3. The Labute approximate surface area is 229 Å². The van der Waals surface area contributed by atoms with Crippen LogP contribution >= 0.6 is 27.7 Å². The number of thioether (sulfide) groups is 1. The summed E-state index contributed by atoms with van der Waals surface area (Å²) < 4.78 is -0.821. The van der Waals surface area contributed by atoms with Crippen LogP contribution in [-0.2, 0) is 18.7 Å². The fourth-order valence-electron chi connectivity index (χ4n) is 6.48. The third kappa shape index (κ3) is 3.54. The number of aryl methyl sites for hydroxylation is 1. The lowest BCUT2D eigenvalue weighted by atomic mass is 9.55. The normalized spacial score (nSPS) is 25.9. The summed E-state index contributed by atoms with van der Waals surface area (Å²) in [5.74, 6) is -1.59. The molecule has 3 atom stereocenters. The van der Waals surface area contributed by atoms with Crippen LogP contribution in [-0.4, -0.2) is 40.7 Å². The summed E-state index contributed by atoms with van der Waals surface area (Å²) in [7, 11) is 0. The van der Waals surface area contributed by atoms with E-state index in [2.05, 4.69) is 45.5 Å². The molecule has 1 N–H and O–H groups in total. The summed E-state index contributed by atoms with van der Waals surface area (Å²) in [5.41, 5.74) is 5.96. The van der Waals surface area contributed by atoms with Gasteiger partial charge in [0.05, 0.1) is 16.2 Å². The second-order valence-corrected chi connectivity index (χ2v) is 12.3. The van der Waals surface area contributed by atoms with E-state index in [0.717, 1.165) is 27.8 Å². The highest BCUT2D eigenvalue weighted by atomic mass is 79.9. The number of amides is 3. The van der Waals surface area contributed by atoms with Gasteiger partial charge in [0.2, 0.25) is 17.7 Å². The fraction of sp³-hybridized carbons (Fsp3) is 0.300. The van der Waals surface area contributed by atoms with E-state index in [0.29, 0.717) is 17.9 Å². The topological polar surface area (TPSA) is 66.5 Å². The molecule has 3 aromatic carbocycles. The van der Waals surface area contributed by atoms with Crippen molar-refractivity contribution >= 4 is 51.1 Å². The molecule has 0 spiro atoms. The van der Waals surface area contributed by atoms with Gasteiger partial charge in [0, 0.05) is 11.6 Å². The monoisotopic (exact) mass is 574 g/mol. The Hall–Kier alpha value is -2.90. The summed E-state index contributed by atoms with van der Waals surface area (Å²) in [6.07, 6.45) is 2.36. The third-order valence-electron chi connectivity index (χ3n) is 8.08. The van der Waals surface area contributed by atoms with E-state index in [-0.39, 0.29) is 23.6 Å². The zero-order valence-electron chi connectivity index (χ0n) is 20.6. The van der Waals surface area contributed by atoms with Crippen molar-refractivity contribution in [3.63, 3.8) is 0 Å². The molecule has 0 unspecified atom stereocenters. The van der Waals surface area contributed by atoms with Crippen LogP contribution in [0.15, 0.2) is 72.8 Å². The molecule has 1 aliphatic heterocycles. The van der Waals surface area contributed by atoms with Gasteiger partial charge in [-0.3, -0.25) is 19.3 Å². The van der Waals surface area contributed by atoms with Crippen molar-refractivity contribution < 1.29 is 14.4 Å². The van der Waals surface area contributed by atoms with E-state index in [1.54, 1.807) is 11.8 Å². The Morgan fingerprint density at radius 2 is 1.57 bits per heavy atom. The van der Waals surface area contributed by atoms with Gasteiger partial charge in [-0.2, -0.15) is 11.8 Å². The number of rotatable bonds is 6. The Balaban J connectivity index is 1.43. The van der Waals surface area contributed by atoms with E-state index in [1.165, 1.54) is 4.90 Å². The number of carbonyl (C=O) groups excluding carboxylic acids is 3. The highest BCUT2D eigenvalue weighted by molar-refractivity contribution is 9.09. The first kappa shape index (κ1) is 24.4. The van der Waals surface area contributed by atoms with Crippen LogP contribution in [0.3, 0.4) is 0 Å². The van der Waals surface area contributed by atoms with Gasteiger partial charge < -0.3 is 5.32 Å². The fourth-order valence-corrected chi connectivity index (χ4v) is 8.14. The van der Waals surface area contributed by atoms with E-state index in [1.807, 2.05) is 61.7 Å². The van der Waals surface area contributed by atoms with Crippen molar-refractivity contribution in [1.82, 2.24) is 4.90 Å². The molecule has 5 nitrogen and oxygen atoms in total. The van der Waals surface area contributed by atoms with Crippen LogP contribution < -0.4 is 5.32 Å². The molecular formula is C30H27BrN2O3S. The average Bonchev–Trinajstić information content (AvgIpc) is 3.17. The lowest BCUT2D eigenvalue weighted by Crippen LogP contribution is -2.50. The Morgan fingerprint density at radius 3 is 2.16 bits per heavy atom. The van der Waals surface area contributed by atoms with Gasteiger partial charge in [-0.1, -0.05) is 82.2 Å². The van der Waals surface area contributed by atoms with E-state index in [9.17, 15) is 14.4 Å². The second kappa shape index (κ2) is 9.14. The number of imide groups is 1. The molecular weight excluding hydrogens is 548 g/mol. The summed E-state index contributed by atoms with van der Waals surface area (Å²) >= 11 is 5.62. The number of hydrogen-bond donors (Lipinski definition) is 1. The largest absolute Gasteiger partial charge is 0.324 e. The van der Waals surface area contributed by atoms with Gasteiger partial charge in [0.25, 0.3) is 0 Å². The van der Waals surface area contributed by atoms with Gasteiger partial charge >= 0.3 is 0 Å². The highest BCUT2D eigenvalue weighted by Gasteiger charge is 2.68. The van der Waals surface area contributed by atoms with Crippen LogP contribution in [0.1, 0.15) is 40.2 Å². The van der Waals surface area contributed by atoms with Gasteiger partial charge in [-0.15, -0.1) is 0 Å². The molecule has 7 heteroatoms. The molecule has 188 valence electrons. The van der Waals surface area contributed by atoms with Crippen LogP contribution in [0.2, 0.25) is 0 Å². The number of anilines is 1. The number of hydrogen-bond acceptors (Lipinski definition) is 4. The summed E-state index contributed by atoms with van der Waals surface area (Å²) in [6.45, 7) is 1.98. The lowest BCUT2D eigenvalue weighted by Gasteiger charge is -2.51. The van der Waals surface area contributed by atoms with Crippen LogP contribution in [0.5, 0.6) is 0 Å². The number of likely N-dealkylation sites (tertiary alicyclic amines) is 1. The minimum Gasteiger partial charge on any atom is -0.324 e. The van der Waals surface area contributed by atoms with Gasteiger partial charge in [-0.05, 0) is 59.7 Å². The van der Waals surface area contributed by atoms with Crippen LogP contribution in [0, 0.1) is 18.8 Å². The second-order valence-electron chi connectivity index (χ2n) is 10.1. The molecule has 3 aromatic rings. The zero-order chi connectivity index (χ0) is 25.9. The molecule has 1 fully saturated rings. The smallest absolute Gasteiger partial charge is 0.247 e. The molecule has 0 aromatic heterocycles. The first-order chi connectivity index (χ1) is 17.9. The van der Waals surface area contributed by atoms with E-state index in [4.69, 9.17) is 0 Å². The quantitative estimate of drug-likeness (QED) is 0.314. The van der Waals surface area contributed by atoms with Crippen molar-refractivity contribution in [3.05, 3.63) is 101 Å². The zero-order valence-corrected chi connectivity index (χ0v) is 23.0. The number of benzene rings is 3. The number of carbonyl (C=O) groups is 3. The van der Waals surface area contributed by atoms with Crippen molar-refractivity contribution in [3.8, 4) is 0 Å². The number of alkyl halides is 1. The molecule has 0 radical (unpaired) electrons. The minimum absolute atomic E-state index is 0.223. The van der Waals surface area contributed by atoms with Crippen LogP contribution in [0.4, 0.5) is 5.69 Å². The molecule has 1 saturated heterocycles. The first-order valence-electron chi connectivity index (χ1n) is 12.5. The molecule has 1 heterocycles. The molecule has 7 rings (SSSR count). The van der Waals surface area contributed by atoms with Gasteiger partial charge in [0.1, 0.15) is 6.04 Å². The van der Waals surface area contributed by atoms with Gasteiger partial charge in [0.15, 0.2) is 0 Å². The van der Waals surface area contributed by atoms with Crippen molar-refractivity contribution in [1.29, 1.82) is 0 Å². The van der Waals surface area contributed by atoms with Crippen molar-refractivity contribution in [2.45, 2.75) is 29.6 Å². The van der Waals surface area contributed by atoms with Crippen molar-refractivity contribution in [2.75, 3.05) is 17.3 Å². The Morgan fingerprint density at radius 1 is 0.973 bits per heavy atom. The maximum absolute atomic E-state index is 14.3. The number of nitrogens with one attached hydrogen (secondary N) is 1. The van der Waals surface area contributed by atoms with Crippen molar-refractivity contribution in [2.24, 2.45) is 11.8 Å². The molecule has 4 aliphatic rings. The summed E-state index contributed by atoms with van der Waals surface area (Å²) in [5, 5.41) is 2.95. The Bertz CT molecular complexity index is 1370. The predicted octanol–water partition coefficient (Wildman–Crippen LogP) is 5.45. The molecule has 37 heavy (non-hydrogen) atoms. The molecule has 0 saturated carbocycles. The minimum atomic E-state index is -0.874. The first-order valence-corrected chi connectivity index (χ1v) is 14.7. The van der Waals surface area contributed by atoms with E-state index < -0.39 is 22.2 Å². The third-order valence-corrected chi connectivity index (χ3v) is 10.1. The van der Waals surface area contributed by atoms with Crippen LogP contribution in [0.25, 0.3) is 0 Å². The Kier molecular flexibility index (Phi) is 6.03. The van der Waals surface area contributed by atoms with E-state index >= 15 is 0 Å². The summed E-state index contributed by atoms with van der Waals surface area (Å²) in [6, 6.07) is 22.8. The maximum Gasteiger partial charge on any atom is 0.247 e. The predicted molar refractivity (Wildman–Crippen MR) is 150 cm³/mol. The number of halogens is 1. The summed E-state index contributed by atoms with van der Waals surface area (Å²) in [4.78, 5) is 43.4. The molecule has 2 bridgehead atoms. The standard InChI is InChI=1S/C30H27BrN2O3S/c1-17-11-13-18(14-12-17)32-27(34)23(15-16-37-2)33-28(35)25-24-19-7-3-5-9-21(19)30(31,26(25)29(33)36)22-10-6-4-8-20(22)24/h3-14,23-26H,15-16H2,1-2H3,(H,32,34)/t23-,24?,25-,26-,30?/m1/s1. The molecule has 3 amide bonds.